The molecule has 1 saturated carbocycles. The van der Waals surface area contributed by atoms with Crippen LogP contribution in [-0.2, 0) is 5.41 Å². The molecule has 1 fully saturated rings. The summed E-state index contributed by atoms with van der Waals surface area (Å²) in [6, 6.07) is 0. The number of benzene rings is 1. The highest BCUT2D eigenvalue weighted by atomic mass is 19.2. The molecular formula is C14H15F4NO2. The lowest BCUT2D eigenvalue weighted by molar-refractivity contribution is 0.0682. The van der Waals surface area contributed by atoms with Crippen LogP contribution in [0, 0.1) is 23.3 Å². The Morgan fingerprint density at radius 3 is 1.86 bits per heavy atom. The van der Waals surface area contributed by atoms with Gasteiger partial charge in [-0.3, -0.25) is 0 Å². The zero-order chi connectivity index (χ0) is 15.8. The highest BCUT2D eigenvalue weighted by Gasteiger charge is 2.41. The number of rotatable bonds is 3. The van der Waals surface area contributed by atoms with Crippen molar-refractivity contribution in [1.82, 2.24) is 0 Å². The first-order valence-electron chi connectivity index (χ1n) is 6.65. The van der Waals surface area contributed by atoms with E-state index < -0.39 is 45.8 Å². The summed E-state index contributed by atoms with van der Waals surface area (Å²) >= 11 is 0. The lowest BCUT2D eigenvalue weighted by Crippen LogP contribution is -2.39. The molecule has 0 spiro atoms. The number of halogens is 4. The molecule has 3 N–H and O–H groups in total. The largest absolute Gasteiger partial charge is 0.477 e. The summed E-state index contributed by atoms with van der Waals surface area (Å²) in [4.78, 5) is 10.7. The van der Waals surface area contributed by atoms with Gasteiger partial charge in [-0.1, -0.05) is 19.3 Å². The molecule has 21 heavy (non-hydrogen) atoms. The molecule has 1 aliphatic rings. The Balaban J connectivity index is 2.72. The summed E-state index contributed by atoms with van der Waals surface area (Å²) in [5.74, 6) is -9.12. The van der Waals surface area contributed by atoms with Crippen molar-refractivity contribution in [3.05, 3.63) is 34.4 Å². The van der Waals surface area contributed by atoms with Crippen LogP contribution < -0.4 is 5.73 Å². The Kier molecular flexibility index (Phi) is 4.22. The smallest absolute Gasteiger partial charge is 0.341 e. The molecule has 1 aromatic rings. The maximum atomic E-state index is 14.2. The first-order valence-corrected chi connectivity index (χ1v) is 6.65. The average Bonchev–Trinajstić information content (AvgIpc) is 2.46. The van der Waals surface area contributed by atoms with Gasteiger partial charge in [0, 0.05) is 17.5 Å². The van der Waals surface area contributed by atoms with E-state index in [-0.39, 0.29) is 6.54 Å². The van der Waals surface area contributed by atoms with Crippen LogP contribution in [0.25, 0.3) is 0 Å². The highest BCUT2D eigenvalue weighted by Crippen LogP contribution is 2.42. The molecule has 7 heteroatoms. The Labute approximate surface area is 118 Å². The molecule has 0 unspecified atom stereocenters. The van der Waals surface area contributed by atoms with Crippen LogP contribution in [0.2, 0.25) is 0 Å². The molecule has 1 aromatic carbocycles. The van der Waals surface area contributed by atoms with Crippen LogP contribution in [0.3, 0.4) is 0 Å². The summed E-state index contributed by atoms with van der Waals surface area (Å²) in [6.07, 6.45) is 2.74. The van der Waals surface area contributed by atoms with E-state index in [9.17, 15) is 22.4 Å². The predicted molar refractivity (Wildman–Crippen MR) is 67.1 cm³/mol. The van der Waals surface area contributed by atoms with E-state index in [1.54, 1.807) is 0 Å². The molecule has 0 atom stereocenters. The number of carboxylic acid groups (broad SMARTS) is 1. The molecule has 0 aliphatic heterocycles. The number of carboxylic acids is 1. The number of carbonyl (C=O) groups is 1. The number of hydrogen-bond acceptors (Lipinski definition) is 2. The van der Waals surface area contributed by atoms with Crippen molar-refractivity contribution in [3.63, 3.8) is 0 Å². The third-order valence-electron chi connectivity index (χ3n) is 4.21. The zero-order valence-corrected chi connectivity index (χ0v) is 11.2. The van der Waals surface area contributed by atoms with E-state index in [2.05, 4.69) is 0 Å². The fraction of sp³-hybridized carbons (Fsp3) is 0.500. The fourth-order valence-electron chi connectivity index (χ4n) is 3.07. The van der Waals surface area contributed by atoms with Gasteiger partial charge in [-0.05, 0) is 12.8 Å². The second-order valence-electron chi connectivity index (χ2n) is 5.36. The Bertz CT molecular complexity index is 554. The van der Waals surface area contributed by atoms with Gasteiger partial charge in [0.25, 0.3) is 0 Å². The van der Waals surface area contributed by atoms with E-state index >= 15 is 0 Å². The Morgan fingerprint density at radius 1 is 1.00 bits per heavy atom. The normalized spacial score (nSPS) is 17.8. The van der Waals surface area contributed by atoms with Gasteiger partial charge in [-0.25, -0.2) is 22.4 Å². The summed E-state index contributed by atoms with van der Waals surface area (Å²) in [6.45, 7) is -0.161. The van der Waals surface area contributed by atoms with Crippen LogP contribution in [-0.4, -0.2) is 17.6 Å². The Morgan fingerprint density at radius 2 is 1.48 bits per heavy atom. The van der Waals surface area contributed by atoms with E-state index in [4.69, 9.17) is 10.8 Å². The van der Waals surface area contributed by atoms with Crippen LogP contribution in [0.4, 0.5) is 17.6 Å². The third-order valence-corrected chi connectivity index (χ3v) is 4.21. The number of aromatic carboxylic acids is 1. The SMILES string of the molecule is NCC1(c2c(F)c(F)c(C(=O)O)c(F)c2F)CCCCC1. The number of nitrogens with two attached hydrogens (primary N) is 1. The molecule has 0 bridgehead atoms. The van der Waals surface area contributed by atoms with Gasteiger partial charge in [0.1, 0.15) is 5.56 Å². The van der Waals surface area contributed by atoms with Crippen molar-refractivity contribution in [3.8, 4) is 0 Å². The van der Waals surface area contributed by atoms with Gasteiger partial charge < -0.3 is 10.8 Å². The zero-order valence-electron chi connectivity index (χ0n) is 11.2. The van der Waals surface area contributed by atoms with Crippen LogP contribution in [0.5, 0.6) is 0 Å². The van der Waals surface area contributed by atoms with Crippen LogP contribution >= 0.6 is 0 Å². The monoisotopic (exact) mass is 305 g/mol. The first kappa shape index (κ1) is 15.8. The van der Waals surface area contributed by atoms with Crippen LogP contribution in [0.15, 0.2) is 0 Å². The van der Waals surface area contributed by atoms with E-state index in [0.29, 0.717) is 25.7 Å². The average molecular weight is 305 g/mol. The van der Waals surface area contributed by atoms with E-state index in [1.807, 2.05) is 0 Å². The molecular weight excluding hydrogens is 290 g/mol. The van der Waals surface area contributed by atoms with Gasteiger partial charge in [0.2, 0.25) is 0 Å². The summed E-state index contributed by atoms with van der Waals surface area (Å²) in [7, 11) is 0. The molecule has 116 valence electrons. The van der Waals surface area contributed by atoms with Crippen molar-refractivity contribution in [2.75, 3.05) is 6.54 Å². The van der Waals surface area contributed by atoms with Crippen molar-refractivity contribution in [2.45, 2.75) is 37.5 Å². The molecule has 2 rings (SSSR count). The lowest BCUT2D eigenvalue weighted by Gasteiger charge is -2.37. The Hall–Kier alpha value is -1.63. The topological polar surface area (TPSA) is 63.3 Å². The standard InChI is InChI=1S/C14H15F4NO2/c15-9-7(13(20)21)10(16)12(18)8(11(9)17)14(6-19)4-2-1-3-5-14/h1-6,19H2,(H,20,21). The summed E-state index contributed by atoms with van der Waals surface area (Å²) in [5.41, 5.74) is 2.05. The van der Waals surface area contributed by atoms with Gasteiger partial charge in [-0.15, -0.1) is 0 Å². The summed E-state index contributed by atoms with van der Waals surface area (Å²) < 4.78 is 56.0. The molecule has 3 nitrogen and oxygen atoms in total. The van der Waals surface area contributed by atoms with E-state index in [1.165, 1.54) is 0 Å². The second-order valence-corrected chi connectivity index (χ2v) is 5.36. The minimum Gasteiger partial charge on any atom is -0.477 e. The minimum absolute atomic E-state index is 0.161. The fourth-order valence-corrected chi connectivity index (χ4v) is 3.07. The van der Waals surface area contributed by atoms with E-state index in [0.717, 1.165) is 6.42 Å². The first-order chi connectivity index (χ1) is 9.85. The predicted octanol–water partition coefficient (Wildman–Crippen LogP) is 3.10. The van der Waals surface area contributed by atoms with Crippen molar-refractivity contribution >= 4 is 5.97 Å². The summed E-state index contributed by atoms with van der Waals surface area (Å²) in [5, 5.41) is 8.68. The van der Waals surface area contributed by atoms with Crippen molar-refractivity contribution in [1.29, 1.82) is 0 Å². The molecule has 0 heterocycles. The molecule has 1 aliphatic carbocycles. The minimum atomic E-state index is -2.06. The molecule has 0 amide bonds. The maximum Gasteiger partial charge on any atom is 0.341 e. The van der Waals surface area contributed by atoms with Gasteiger partial charge >= 0.3 is 5.97 Å². The highest BCUT2D eigenvalue weighted by molar-refractivity contribution is 5.88. The quantitative estimate of drug-likeness (QED) is 0.666. The maximum absolute atomic E-state index is 14.2. The molecule has 0 aromatic heterocycles. The molecule has 0 saturated heterocycles. The number of hydrogen-bond donors (Lipinski definition) is 2. The van der Waals surface area contributed by atoms with Crippen LogP contribution in [0.1, 0.15) is 48.0 Å². The van der Waals surface area contributed by atoms with Gasteiger partial charge in [0.15, 0.2) is 23.3 Å². The van der Waals surface area contributed by atoms with Crippen molar-refractivity contribution in [2.24, 2.45) is 5.73 Å². The van der Waals surface area contributed by atoms with Crippen molar-refractivity contribution < 1.29 is 27.5 Å². The lowest BCUT2D eigenvalue weighted by atomic mass is 9.69. The van der Waals surface area contributed by atoms with Gasteiger partial charge in [-0.2, -0.15) is 0 Å². The third kappa shape index (κ3) is 2.39. The molecule has 0 radical (unpaired) electrons. The van der Waals surface area contributed by atoms with Gasteiger partial charge in [0.05, 0.1) is 0 Å². The second kappa shape index (κ2) is 5.63.